The molecule has 0 spiro atoms. The lowest BCUT2D eigenvalue weighted by Gasteiger charge is -2.20. The van der Waals surface area contributed by atoms with Gasteiger partial charge in [-0.2, -0.15) is 0 Å². The van der Waals surface area contributed by atoms with E-state index in [-0.39, 0.29) is 6.04 Å². The van der Waals surface area contributed by atoms with Gasteiger partial charge in [-0.05, 0) is 43.5 Å². The second-order valence-corrected chi connectivity index (χ2v) is 5.03. The van der Waals surface area contributed by atoms with Crippen molar-refractivity contribution in [1.82, 2.24) is 0 Å². The van der Waals surface area contributed by atoms with E-state index in [1.54, 1.807) is 7.11 Å². The fraction of sp³-hybridized carbons (Fsp3) is 0.294. The van der Waals surface area contributed by atoms with Crippen LogP contribution in [0, 0.1) is 20.8 Å². The van der Waals surface area contributed by atoms with Crippen LogP contribution in [0.1, 0.15) is 33.9 Å². The van der Waals surface area contributed by atoms with Crippen LogP contribution in [0.4, 0.5) is 0 Å². The number of aryl methyl sites for hydroxylation is 3. The number of rotatable bonds is 3. The Balaban J connectivity index is 2.53. The SMILES string of the molecule is COc1ccccc1C(N)c1c(C)cc(C)cc1C. The molecule has 1 unspecified atom stereocenters. The molecule has 0 aliphatic heterocycles. The molecule has 0 saturated heterocycles. The second-order valence-electron chi connectivity index (χ2n) is 5.03. The highest BCUT2D eigenvalue weighted by Crippen LogP contribution is 2.31. The van der Waals surface area contributed by atoms with Crippen LogP contribution in [0.2, 0.25) is 0 Å². The van der Waals surface area contributed by atoms with E-state index in [0.717, 1.165) is 11.3 Å². The van der Waals surface area contributed by atoms with Crippen LogP contribution < -0.4 is 10.5 Å². The van der Waals surface area contributed by atoms with Crippen molar-refractivity contribution in [3.8, 4) is 5.75 Å². The summed E-state index contributed by atoms with van der Waals surface area (Å²) >= 11 is 0. The molecule has 100 valence electrons. The summed E-state index contributed by atoms with van der Waals surface area (Å²) in [5, 5.41) is 0. The molecule has 0 heterocycles. The molecular formula is C17H21NO. The molecule has 2 rings (SSSR count). The summed E-state index contributed by atoms with van der Waals surface area (Å²) in [6.07, 6.45) is 0. The Hall–Kier alpha value is -1.80. The average molecular weight is 255 g/mol. The van der Waals surface area contributed by atoms with Gasteiger partial charge in [-0.15, -0.1) is 0 Å². The van der Waals surface area contributed by atoms with Crippen LogP contribution in [0.3, 0.4) is 0 Å². The Morgan fingerprint density at radius 2 is 1.58 bits per heavy atom. The number of benzene rings is 2. The van der Waals surface area contributed by atoms with E-state index in [4.69, 9.17) is 10.5 Å². The van der Waals surface area contributed by atoms with Crippen LogP contribution >= 0.6 is 0 Å². The van der Waals surface area contributed by atoms with E-state index in [2.05, 4.69) is 32.9 Å². The number of methoxy groups -OCH3 is 1. The third-order valence-corrected chi connectivity index (χ3v) is 3.52. The minimum Gasteiger partial charge on any atom is -0.496 e. The summed E-state index contributed by atoms with van der Waals surface area (Å²) in [6, 6.07) is 12.1. The summed E-state index contributed by atoms with van der Waals surface area (Å²) in [5.41, 5.74) is 12.4. The molecular weight excluding hydrogens is 234 g/mol. The van der Waals surface area contributed by atoms with Crippen molar-refractivity contribution in [3.05, 3.63) is 64.2 Å². The first-order valence-corrected chi connectivity index (χ1v) is 6.51. The second kappa shape index (κ2) is 5.45. The van der Waals surface area contributed by atoms with Crippen LogP contribution in [0.15, 0.2) is 36.4 Å². The Labute approximate surface area is 115 Å². The zero-order valence-electron chi connectivity index (χ0n) is 12.0. The van der Waals surface area contributed by atoms with Crippen molar-refractivity contribution in [1.29, 1.82) is 0 Å². The van der Waals surface area contributed by atoms with E-state index in [1.807, 2.05) is 24.3 Å². The fourth-order valence-electron chi connectivity index (χ4n) is 2.76. The highest BCUT2D eigenvalue weighted by Gasteiger charge is 2.17. The predicted molar refractivity (Wildman–Crippen MR) is 79.7 cm³/mol. The van der Waals surface area contributed by atoms with Gasteiger partial charge >= 0.3 is 0 Å². The first kappa shape index (κ1) is 13.6. The summed E-state index contributed by atoms with van der Waals surface area (Å²) in [5.74, 6) is 0.842. The van der Waals surface area contributed by atoms with Crippen LogP contribution in [0.25, 0.3) is 0 Å². The number of para-hydroxylation sites is 1. The molecule has 0 amide bonds. The van der Waals surface area contributed by atoms with Gasteiger partial charge in [-0.25, -0.2) is 0 Å². The molecule has 0 radical (unpaired) electrons. The standard InChI is InChI=1S/C17H21NO/c1-11-9-12(2)16(13(3)10-11)17(18)14-7-5-6-8-15(14)19-4/h5-10,17H,18H2,1-4H3. The average Bonchev–Trinajstić information content (AvgIpc) is 2.37. The molecule has 2 heteroatoms. The van der Waals surface area contributed by atoms with Crippen LogP contribution in [0.5, 0.6) is 5.75 Å². The maximum Gasteiger partial charge on any atom is 0.123 e. The smallest absolute Gasteiger partial charge is 0.123 e. The molecule has 2 aromatic rings. The van der Waals surface area contributed by atoms with Gasteiger partial charge in [0, 0.05) is 5.56 Å². The number of ether oxygens (including phenoxy) is 1. The van der Waals surface area contributed by atoms with Gasteiger partial charge < -0.3 is 10.5 Å². The van der Waals surface area contributed by atoms with Crippen molar-refractivity contribution in [2.75, 3.05) is 7.11 Å². The van der Waals surface area contributed by atoms with E-state index < -0.39 is 0 Å². The number of nitrogens with two attached hydrogens (primary N) is 1. The lowest BCUT2D eigenvalue weighted by Crippen LogP contribution is -2.16. The maximum atomic E-state index is 6.46. The monoisotopic (exact) mass is 255 g/mol. The van der Waals surface area contributed by atoms with E-state index in [1.165, 1.54) is 22.3 Å². The van der Waals surface area contributed by atoms with Crippen LogP contribution in [-0.4, -0.2) is 7.11 Å². The predicted octanol–water partition coefficient (Wildman–Crippen LogP) is 3.67. The van der Waals surface area contributed by atoms with Crippen molar-refractivity contribution >= 4 is 0 Å². The molecule has 2 nitrogen and oxygen atoms in total. The Morgan fingerprint density at radius 1 is 1.00 bits per heavy atom. The first-order valence-electron chi connectivity index (χ1n) is 6.51. The molecule has 0 aliphatic carbocycles. The summed E-state index contributed by atoms with van der Waals surface area (Å²) in [6.45, 7) is 6.34. The zero-order valence-corrected chi connectivity index (χ0v) is 12.0. The molecule has 0 saturated carbocycles. The summed E-state index contributed by atoms with van der Waals surface area (Å²) < 4.78 is 5.41. The normalized spacial score (nSPS) is 12.3. The van der Waals surface area contributed by atoms with Crippen molar-refractivity contribution in [2.45, 2.75) is 26.8 Å². The van der Waals surface area contributed by atoms with Gasteiger partial charge in [0.1, 0.15) is 5.75 Å². The lowest BCUT2D eigenvalue weighted by molar-refractivity contribution is 0.408. The van der Waals surface area contributed by atoms with E-state index in [0.29, 0.717) is 0 Å². The van der Waals surface area contributed by atoms with Gasteiger partial charge in [0.15, 0.2) is 0 Å². The number of hydrogen-bond donors (Lipinski definition) is 1. The van der Waals surface area contributed by atoms with Gasteiger partial charge in [-0.3, -0.25) is 0 Å². The Bertz CT molecular complexity index is 567. The molecule has 0 aliphatic rings. The Kier molecular flexibility index (Phi) is 3.91. The summed E-state index contributed by atoms with van der Waals surface area (Å²) in [7, 11) is 1.68. The molecule has 2 N–H and O–H groups in total. The molecule has 2 aromatic carbocycles. The van der Waals surface area contributed by atoms with Crippen molar-refractivity contribution in [3.63, 3.8) is 0 Å². The quantitative estimate of drug-likeness (QED) is 0.908. The topological polar surface area (TPSA) is 35.2 Å². The largest absolute Gasteiger partial charge is 0.496 e. The highest BCUT2D eigenvalue weighted by molar-refractivity contribution is 5.47. The summed E-state index contributed by atoms with van der Waals surface area (Å²) in [4.78, 5) is 0. The highest BCUT2D eigenvalue weighted by atomic mass is 16.5. The van der Waals surface area contributed by atoms with E-state index in [9.17, 15) is 0 Å². The molecule has 0 bridgehead atoms. The lowest BCUT2D eigenvalue weighted by atomic mass is 9.90. The molecule has 0 fully saturated rings. The van der Waals surface area contributed by atoms with Crippen molar-refractivity contribution in [2.24, 2.45) is 5.73 Å². The minimum absolute atomic E-state index is 0.156. The van der Waals surface area contributed by atoms with Gasteiger partial charge in [0.2, 0.25) is 0 Å². The van der Waals surface area contributed by atoms with E-state index >= 15 is 0 Å². The Morgan fingerprint density at radius 3 is 2.16 bits per heavy atom. The van der Waals surface area contributed by atoms with Gasteiger partial charge in [0.25, 0.3) is 0 Å². The maximum absolute atomic E-state index is 6.46. The van der Waals surface area contributed by atoms with Crippen molar-refractivity contribution < 1.29 is 4.74 Å². The van der Waals surface area contributed by atoms with Crippen LogP contribution in [-0.2, 0) is 0 Å². The minimum atomic E-state index is -0.156. The molecule has 0 aromatic heterocycles. The number of hydrogen-bond acceptors (Lipinski definition) is 2. The molecule has 1 atom stereocenters. The third-order valence-electron chi connectivity index (χ3n) is 3.52. The van der Waals surface area contributed by atoms with Gasteiger partial charge in [-0.1, -0.05) is 35.9 Å². The first-order chi connectivity index (χ1) is 9.04. The third kappa shape index (κ3) is 2.64. The molecule has 19 heavy (non-hydrogen) atoms. The fourth-order valence-corrected chi connectivity index (χ4v) is 2.76. The van der Waals surface area contributed by atoms with Gasteiger partial charge in [0.05, 0.1) is 13.2 Å². The zero-order chi connectivity index (χ0) is 14.0.